The summed E-state index contributed by atoms with van der Waals surface area (Å²) in [5.74, 6) is 0.210. The molecule has 1 fully saturated rings. The maximum atomic E-state index is 12.5. The first-order chi connectivity index (χ1) is 15.9. The van der Waals surface area contributed by atoms with Crippen LogP contribution in [0.3, 0.4) is 0 Å². The van der Waals surface area contributed by atoms with Gasteiger partial charge in [-0.15, -0.1) is 0 Å². The Hall–Kier alpha value is -2.70. The molecule has 174 valence electrons. The highest BCUT2D eigenvalue weighted by molar-refractivity contribution is 6.31. The van der Waals surface area contributed by atoms with Crippen molar-refractivity contribution >= 4 is 35.0 Å². The zero-order chi connectivity index (χ0) is 23.4. The van der Waals surface area contributed by atoms with E-state index in [1.54, 1.807) is 25.2 Å². The van der Waals surface area contributed by atoms with E-state index in [2.05, 4.69) is 33.9 Å². The number of halogens is 2. The number of hydrogen-bond donors (Lipinski definition) is 2. The molecule has 2 aromatic rings. The molecule has 2 aliphatic rings. The maximum absolute atomic E-state index is 12.5. The predicted octanol–water partition coefficient (Wildman–Crippen LogP) is 4.56. The number of ether oxygens (including phenoxy) is 1. The monoisotopic (exact) mass is 487 g/mol. The Morgan fingerprint density at radius 1 is 1.12 bits per heavy atom. The van der Waals surface area contributed by atoms with Crippen molar-refractivity contribution in [3.8, 4) is 5.75 Å². The van der Waals surface area contributed by atoms with Gasteiger partial charge in [0.15, 0.2) is 0 Å². The van der Waals surface area contributed by atoms with Gasteiger partial charge < -0.3 is 20.3 Å². The van der Waals surface area contributed by atoms with Crippen LogP contribution in [0.5, 0.6) is 5.75 Å². The highest BCUT2D eigenvalue weighted by Gasteiger charge is 2.38. The summed E-state index contributed by atoms with van der Waals surface area (Å²) in [6.07, 6.45) is 5.05. The van der Waals surface area contributed by atoms with Gasteiger partial charge in [0.05, 0.1) is 18.2 Å². The van der Waals surface area contributed by atoms with Crippen LogP contribution in [0.4, 0.5) is 0 Å². The Kier molecular flexibility index (Phi) is 7.46. The standard InChI is InChI=1S/C25H27Cl2N3O3/c1-28-25(32)21-12-19(27)8-9-23(21)33-10-2-3-24(31)29-22-13-20-11-17(22)15-30(20)14-16-4-6-18(26)7-5-16/h4-9,12,15,20,22H,2-3,10-11,13-14H2,1H3,(H,28,32)(H,29,31)/t20-,22+/m0/s1. The first kappa shape index (κ1) is 23.5. The molecule has 6 nitrogen and oxygen atoms in total. The number of nitrogens with one attached hydrogen (secondary N) is 2. The van der Waals surface area contributed by atoms with Crippen molar-refractivity contribution in [2.75, 3.05) is 13.7 Å². The van der Waals surface area contributed by atoms with Crippen LogP contribution in [0.1, 0.15) is 41.6 Å². The second-order valence-corrected chi connectivity index (χ2v) is 9.26. The molecule has 1 aliphatic carbocycles. The summed E-state index contributed by atoms with van der Waals surface area (Å²) in [7, 11) is 1.55. The number of nitrogens with zero attached hydrogens (tertiary/aromatic N) is 1. The maximum Gasteiger partial charge on any atom is 0.254 e. The molecule has 0 unspecified atom stereocenters. The molecule has 2 aromatic carbocycles. The van der Waals surface area contributed by atoms with E-state index >= 15 is 0 Å². The van der Waals surface area contributed by atoms with Crippen molar-refractivity contribution in [2.45, 2.75) is 44.3 Å². The Morgan fingerprint density at radius 3 is 2.58 bits per heavy atom. The summed E-state index contributed by atoms with van der Waals surface area (Å²) in [6, 6.07) is 13.4. The normalized spacial score (nSPS) is 18.8. The number of rotatable bonds is 9. The summed E-state index contributed by atoms with van der Waals surface area (Å²) in [5, 5.41) is 6.94. The van der Waals surface area contributed by atoms with Crippen LogP contribution in [-0.2, 0) is 11.3 Å². The van der Waals surface area contributed by atoms with Crippen molar-refractivity contribution in [3.05, 3.63) is 75.4 Å². The van der Waals surface area contributed by atoms with Crippen LogP contribution in [0.2, 0.25) is 10.0 Å². The Morgan fingerprint density at radius 2 is 1.88 bits per heavy atom. The minimum Gasteiger partial charge on any atom is -0.493 e. The van der Waals surface area contributed by atoms with Gasteiger partial charge in [-0.05, 0) is 60.7 Å². The fourth-order valence-electron chi connectivity index (χ4n) is 4.38. The van der Waals surface area contributed by atoms with E-state index in [0.29, 0.717) is 41.8 Å². The topological polar surface area (TPSA) is 70.7 Å². The predicted molar refractivity (Wildman–Crippen MR) is 130 cm³/mol. The van der Waals surface area contributed by atoms with E-state index in [-0.39, 0.29) is 17.9 Å². The van der Waals surface area contributed by atoms with Crippen LogP contribution in [0, 0.1) is 0 Å². The lowest BCUT2D eigenvalue weighted by Crippen LogP contribution is -2.39. The number of hydrogen-bond acceptors (Lipinski definition) is 4. The van der Waals surface area contributed by atoms with Crippen LogP contribution < -0.4 is 15.4 Å². The Labute approximate surface area is 203 Å². The number of carbonyl (C=O) groups excluding carboxylic acids is 2. The zero-order valence-corrected chi connectivity index (χ0v) is 20.0. The van der Waals surface area contributed by atoms with Gasteiger partial charge in [-0.3, -0.25) is 9.59 Å². The molecular formula is C25H27Cl2N3O3. The van der Waals surface area contributed by atoms with E-state index in [1.165, 1.54) is 11.1 Å². The summed E-state index contributed by atoms with van der Waals surface area (Å²) >= 11 is 12.0. The van der Waals surface area contributed by atoms with Gasteiger partial charge in [0, 0.05) is 42.3 Å². The number of benzene rings is 2. The molecule has 0 saturated heterocycles. The van der Waals surface area contributed by atoms with Crippen molar-refractivity contribution < 1.29 is 14.3 Å². The molecule has 8 heteroatoms. The van der Waals surface area contributed by atoms with E-state index in [4.69, 9.17) is 27.9 Å². The molecule has 33 heavy (non-hydrogen) atoms. The Balaban J connectivity index is 1.22. The van der Waals surface area contributed by atoms with Crippen molar-refractivity contribution in [1.29, 1.82) is 0 Å². The molecule has 1 heterocycles. The third-order valence-corrected chi connectivity index (χ3v) is 6.55. The van der Waals surface area contributed by atoms with Gasteiger partial charge in [0.1, 0.15) is 5.75 Å². The average Bonchev–Trinajstić information content (AvgIpc) is 3.38. The number of carbonyl (C=O) groups is 2. The second-order valence-electron chi connectivity index (χ2n) is 8.39. The van der Waals surface area contributed by atoms with Gasteiger partial charge in [-0.25, -0.2) is 0 Å². The summed E-state index contributed by atoms with van der Waals surface area (Å²) < 4.78 is 5.74. The van der Waals surface area contributed by atoms with Gasteiger partial charge >= 0.3 is 0 Å². The van der Waals surface area contributed by atoms with E-state index in [0.717, 1.165) is 24.4 Å². The third-order valence-electron chi connectivity index (χ3n) is 6.06. The molecule has 0 spiro atoms. The SMILES string of the molecule is CNC(=O)c1cc(Cl)ccc1OCCCC(=O)N[C@@H]1C[C@@H]2CC1=CN2Cc1ccc(Cl)cc1. The molecule has 2 N–H and O–H groups in total. The highest BCUT2D eigenvalue weighted by atomic mass is 35.5. The van der Waals surface area contributed by atoms with Crippen molar-refractivity contribution in [2.24, 2.45) is 0 Å². The first-order valence-electron chi connectivity index (χ1n) is 11.1. The number of amides is 2. The molecule has 0 radical (unpaired) electrons. The van der Waals surface area contributed by atoms with Gasteiger partial charge in [-0.2, -0.15) is 0 Å². The molecule has 0 aromatic heterocycles. The quantitative estimate of drug-likeness (QED) is 0.508. The van der Waals surface area contributed by atoms with Crippen LogP contribution in [-0.4, -0.2) is 42.5 Å². The van der Waals surface area contributed by atoms with Crippen LogP contribution in [0.25, 0.3) is 0 Å². The lowest BCUT2D eigenvalue weighted by molar-refractivity contribution is -0.121. The molecule has 2 bridgehead atoms. The summed E-state index contributed by atoms with van der Waals surface area (Å²) in [4.78, 5) is 26.8. The number of fused-ring (bicyclic) bond motifs is 2. The minimum atomic E-state index is -0.264. The van der Waals surface area contributed by atoms with E-state index < -0.39 is 0 Å². The molecule has 2 amide bonds. The molecule has 2 atom stereocenters. The second kappa shape index (κ2) is 10.5. The summed E-state index contributed by atoms with van der Waals surface area (Å²) in [5.41, 5.74) is 2.89. The minimum absolute atomic E-state index is 0.0175. The largest absolute Gasteiger partial charge is 0.493 e. The van der Waals surface area contributed by atoms with Crippen molar-refractivity contribution in [3.63, 3.8) is 0 Å². The van der Waals surface area contributed by atoms with Crippen LogP contribution >= 0.6 is 23.2 Å². The first-order valence-corrected chi connectivity index (χ1v) is 11.8. The molecular weight excluding hydrogens is 461 g/mol. The van der Waals surface area contributed by atoms with E-state index in [1.807, 2.05) is 12.1 Å². The fraction of sp³-hybridized carbons (Fsp3) is 0.360. The highest BCUT2D eigenvalue weighted by Crippen LogP contribution is 2.37. The van der Waals surface area contributed by atoms with Gasteiger partial charge in [0.25, 0.3) is 5.91 Å². The van der Waals surface area contributed by atoms with Crippen molar-refractivity contribution in [1.82, 2.24) is 15.5 Å². The molecule has 1 saturated carbocycles. The van der Waals surface area contributed by atoms with Gasteiger partial charge in [0.2, 0.25) is 5.91 Å². The lowest BCUT2D eigenvalue weighted by atomic mass is 10.1. The molecule has 1 aliphatic heterocycles. The summed E-state index contributed by atoms with van der Waals surface area (Å²) in [6.45, 7) is 1.19. The van der Waals surface area contributed by atoms with Crippen LogP contribution in [0.15, 0.2) is 54.2 Å². The van der Waals surface area contributed by atoms with E-state index in [9.17, 15) is 9.59 Å². The molecule has 4 rings (SSSR count). The average molecular weight is 488 g/mol. The smallest absolute Gasteiger partial charge is 0.254 e. The Bertz CT molecular complexity index is 1060. The fourth-order valence-corrected chi connectivity index (χ4v) is 4.68. The third kappa shape index (κ3) is 5.81. The zero-order valence-electron chi connectivity index (χ0n) is 18.4. The van der Waals surface area contributed by atoms with Gasteiger partial charge in [-0.1, -0.05) is 35.3 Å². The lowest BCUT2D eigenvalue weighted by Gasteiger charge is -2.28.